The number of nitrogens with zero attached hydrogens (tertiary/aromatic N) is 1. The molecule has 0 bridgehead atoms. The van der Waals surface area contributed by atoms with Crippen molar-refractivity contribution in [3.05, 3.63) is 18.2 Å². The largest absolute Gasteiger partial charge is 0.479 e. The molecule has 1 aliphatic heterocycles. The van der Waals surface area contributed by atoms with Crippen LogP contribution in [0.25, 0.3) is 0 Å². The number of hydrogen-bond donors (Lipinski definition) is 3. The summed E-state index contributed by atoms with van der Waals surface area (Å²) in [4.78, 5) is 13.5. The van der Waals surface area contributed by atoms with Crippen molar-refractivity contribution in [1.29, 1.82) is 0 Å². The second kappa shape index (κ2) is 4.60. The van der Waals surface area contributed by atoms with Crippen molar-refractivity contribution < 1.29 is 9.53 Å². The third-order valence-electron chi connectivity index (χ3n) is 2.71. The van der Waals surface area contributed by atoms with Gasteiger partial charge in [0.1, 0.15) is 5.75 Å². The number of hydrazine groups is 1. The lowest BCUT2D eigenvalue weighted by Crippen LogP contribution is -2.49. The standard InChI is InChI=1S/C11H16N4O2/c1-7-11(16)15(6-14-12)9-5-8(13-2)3-4-10(9)17-7/h3-5,7,13-14H,6,12H2,1-2H3. The van der Waals surface area contributed by atoms with Crippen LogP contribution in [0.4, 0.5) is 11.4 Å². The van der Waals surface area contributed by atoms with Crippen LogP contribution in [0.15, 0.2) is 18.2 Å². The zero-order chi connectivity index (χ0) is 12.4. The fourth-order valence-electron chi connectivity index (χ4n) is 1.82. The van der Waals surface area contributed by atoms with Gasteiger partial charge in [0.05, 0.1) is 12.4 Å². The first kappa shape index (κ1) is 11.7. The van der Waals surface area contributed by atoms with E-state index >= 15 is 0 Å². The SMILES string of the molecule is CNc1ccc2c(c1)N(CNN)C(=O)C(C)O2. The molecular weight excluding hydrogens is 220 g/mol. The zero-order valence-electron chi connectivity index (χ0n) is 9.86. The third kappa shape index (κ3) is 2.04. The van der Waals surface area contributed by atoms with Crippen LogP contribution in [0.3, 0.4) is 0 Å². The summed E-state index contributed by atoms with van der Waals surface area (Å²) in [6, 6.07) is 5.60. The Kier molecular flexibility index (Phi) is 3.16. The molecular formula is C11H16N4O2. The number of anilines is 2. The summed E-state index contributed by atoms with van der Waals surface area (Å²) in [6.45, 7) is 1.98. The molecule has 6 heteroatoms. The molecule has 4 N–H and O–H groups in total. The normalized spacial score (nSPS) is 18.6. The van der Waals surface area contributed by atoms with E-state index in [1.54, 1.807) is 11.8 Å². The monoisotopic (exact) mass is 236 g/mol. The van der Waals surface area contributed by atoms with Crippen molar-refractivity contribution in [2.45, 2.75) is 13.0 Å². The van der Waals surface area contributed by atoms with E-state index in [2.05, 4.69) is 10.7 Å². The number of ether oxygens (including phenoxy) is 1. The molecule has 1 atom stereocenters. The summed E-state index contributed by atoms with van der Waals surface area (Å²) in [5.41, 5.74) is 4.13. The Labute approximate surface area is 99.7 Å². The molecule has 0 fully saturated rings. The summed E-state index contributed by atoms with van der Waals surface area (Å²) in [7, 11) is 1.82. The van der Waals surface area contributed by atoms with Gasteiger partial charge in [0.2, 0.25) is 0 Å². The number of benzene rings is 1. The molecule has 0 aromatic heterocycles. The topological polar surface area (TPSA) is 79.6 Å². The van der Waals surface area contributed by atoms with E-state index in [0.717, 1.165) is 11.4 Å². The number of nitrogens with one attached hydrogen (secondary N) is 2. The highest BCUT2D eigenvalue weighted by molar-refractivity contribution is 6.00. The molecule has 0 spiro atoms. The van der Waals surface area contributed by atoms with E-state index in [0.29, 0.717) is 5.75 Å². The minimum Gasteiger partial charge on any atom is -0.479 e. The molecule has 1 aromatic rings. The van der Waals surface area contributed by atoms with Crippen molar-refractivity contribution in [3.63, 3.8) is 0 Å². The average Bonchev–Trinajstić information content (AvgIpc) is 2.34. The molecule has 1 aliphatic rings. The summed E-state index contributed by atoms with van der Waals surface area (Å²) in [5, 5.41) is 3.02. The number of nitrogens with two attached hydrogens (primary N) is 1. The average molecular weight is 236 g/mol. The first-order chi connectivity index (χ1) is 8.17. The Morgan fingerprint density at radius 2 is 2.29 bits per heavy atom. The molecule has 1 unspecified atom stereocenters. The van der Waals surface area contributed by atoms with Crippen LogP contribution in [0.2, 0.25) is 0 Å². The molecule has 0 radical (unpaired) electrons. The minimum atomic E-state index is -0.490. The van der Waals surface area contributed by atoms with E-state index in [9.17, 15) is 4.79 Å². The van der Waals surface area contributed by atoms with Crippen LogP contribution in [0.5, 0.6) is 5.75 Å². The van der Waals surface area contributed by atoms with Crippen molar-refractivity contribution in [1.82, 2.24) is 5.43 Å². The summed E-state index contributed by atoms with van der Waals surface area (Å²) in [6.07, 6.45) is -0.490. The fraction of sp³-hybridized carbons (Fsp3) is 0.364. The molecule has 0 aliphatic carbocycles. The maximum atomic E-state index is 12.0. The number of carbonyl (C=O) groups is 1. The van der Waals surface area contributed by atoms with E-state index in [4.69, 9.17) is 10.6 Å². The van der Waals surface area contributed by atoms with E-state index in [-0.39, 0.29) is 12.6 Å². The Morgan fingerprint density at radius 1 is 1.53 bits per heavy atom. The van der Waals surface area contributed by atoms with Crippen molar-refractivity contribution in [2.24, 2.45) is 5.84 Å². The molecule has 1 aromatic carbocycles. The van der Waals surface area contributed by atoms with Gasteiger partial charge >= 0.3 is 0 Å². The minimum absolute atomic E-state index is 0.108. The van der Waals surface area contributed by atoms with E-state index in [1.807, 2.05) is 25.2 Å². The van der Waals surface area contributed by atoms with Gasteiger partial charge in [-0.2, -0.15) is 0 Å². The van der Waals surface area contributed by atoms with E-state index in [1.165, 1.54) is 0 Å². The quantitative estimate of drug-likeness (QED) is 0.518. The smallest absolute Gasteiger partial charge is 0.269 e. The highest BCUT2D eigenvalue weighted by atomic mass is 16.5. The molecule has 2 rings (SSSR count). The van der Waals surface area contributed by atoms with Gasteiger partial charge in [-0.25, -0.2) is 5.43 Å². The van der Waals surface area contributed by atoms with Crippen LogP contribution in [0.1, 0.15) is 6.92 Å². The Balaban J connectivity index is 2.43. The Hall–Kier alpha value is -1.79. The number of rotatable bonds is 3. The van der Waals surface area contributed by atoms with Crippen LogP contribution in [-0.4, -0.2) is 25.7 Å². The first-order valence-corrected chi connectivity index (χ1v) is 5.40. The van der Waals surface area contributed by atoms with Gasteiger partial charge in [-0.05, 0) is 25.1 Å². The number of hydrogen-bond acceptors (Lipinski definition) is 5. The number of amides is 1. The molecule has 0 saturated heterocycles. The fourth-order valence-corrected chi connectivity index (χ4v) is 1.82. The lowest BCUT2D eigenvalue weighted by atomic mass is 10.2. The summed E-state index contributed by atoms with van der Waals surface area (Å²) in [5.74, 6) is 5.87. The molecule has 0 saturated carbocycles. The highest BCUT2D eigenvalue weighted by Crippen LogP contribution is 2.35. The first-order valence-electron chi connectivity index (χ1n) is 5.40. The van der Waals surface area contributed by atoms with Crippen molar-refractivity contribution in [3.8, 4) is 5.75 Å². The van der Waals surface area contributed by atoms with Crippen LogP contribution in [-0.2, 0) is 4.79 Å². The van der Waals surface area contributed by atoms with E-state index < -0.39 is 6.10 Å². The molecule has 1 amide bonds. The third-order valence-corrected chi connectivity index (χ3v) is 2.71. The predicted molar refractivity (Wildman–Crippen MR) is 65.8 cm³/mol. The van der Waals surface area contributed by atoms with Gasteiger partial charge in [-0.3, -0.25) is 15.5 Å². The summed E-state index contributed by atoms with van der Waals surface area (Å²) >= 11 is 0. The number of carbonyl (C=O) groups excluding carboxylic acids is 1. The maximum absolute atomic E-state index is 12.0. The second-order valence-corrected chi connectivity index (χ2v) is 3.82. The second-order valence-electron chi connectivity index (χ2n) is 3.82. The Morgan fingerprint density at radius 3 is 2.94 bits per heavy atom. The lowest BCUT2D eigenvalue weighted by Gasteiger charge is -2.32. The predicted octanol–water partition coefficient (Wildman–Crippen LogP) is 0.263. The highest BCUT2D eigenvalue weighted by Gasteiger charge is 2.31. The van der Waals surface area contributed by atoms with Crippen LogP contribution in [0, 0.1) is 0 Å². The van der Waals surface area contributed by atoms with Crippen molar-refractivity contribution in [2.75, 3.05) is 23.9 Å². The summed E-state index contributed by atoms with van der Waals surface area (Å²) < 4.78 is 5.53. The number of fused-ring (bicyclic) bond motifs is 1. The Bertz CT molecular complexity index is 435. The van der Waals surface area contributed by atoms with Crippen LogP contribution < -0.4 is 26.2 Å². The molecule has 6 nitrogen and oxygen atoms in total. The molecule has 92 valence electrons. The van der Waals surface area contributed by atoms with Crippen molar-refractivity contribution >= 4 is 17.3 Å². The van der Waals surface area contributed by atoms with Crippen LogP contribution >= 0.6 is 0 Å². The zero-order valence-corrected chi connectivity index (χ0v) is 9.86. The maximum Gasteiger partial charge on any atom is 0.269 e. The molecule has 1 heterocycles. The van der Waals surface area contributed by atoms with Gasteiger partial charge in [-0.15, -0.1) is 0 Å². The van der Waals surface area contributed by atoms with Gasteiger partial charge in [0.25, 0.3) is 5.91 Å². The van der Waals surface area contributed by atoms with Gasteiger partial charge in [0, 0.05) is 12.7 Å². The van der Waals surface area contributed by atoms with Gasteiger partial charge in [-0.1, -0.05) is 0 Å². The van der Waals surface area contributed by atoms with Gasteiger partial charge in [0.15, 0.2) is 6.10 Å². The van der Waals surface area contributed by atoms with Gasteiger partial charge < -0.3 is 10.1 Å². The molecule has 17 heavy (non-hydrogen) atoms. The lowest BCUT2D eigenvalue weighted by molar-refractivity contribution is -0.125.